The summed E-state index contributed by atoms with van der Waals surface area (Å²) in [7, 11) is 0. The van der Waals surface area contributed by atoms with Crippen molar-refractivity contribution in [3.05, 3.63) is 59.7 Å². The Labute approximate surface area is 115 Å². The van der Waals surface area contributed by atoms with Crippen molar-refractivity contribution in [2.75, 3.05) is 6.61 Å². The normalized spacial score (nSPS) is 11.9. The van der Waals surface area contributed by atoms with Crippen molar-refractivity contribution in [1.82, 2.24) is 0 Å². The van der Waals surface area contributed by atoms with Gasteiger partial charge in [-0.2, -0.15) is 0 Å². The van der Waals surface area contributed by atoms with Gasteiger partial charge in [0.25, 0.3) is 0 Å². The lowest BCUT2D eigenvalue weighted by molar-refractivity contribution is 0.143. The van der Waals surface area contributed by atoms with E-state index in [0.717, 1.165) is 11.5 Å². The molecule has 0 N–H and O–H groups in total. The Bertz CT molecular complexity index is 534. The molecule has 2 rings (SSSR count). The summed E-state index contributed by atoms with van der Waals surface area (Å²) in [5.74, 6) is 1.78. The molecule has 0 saturated carbocycles. The lowest BCUT2D eigenvalue weighted by Crippen LogP contribution is -2.21. The zero-order valence-corrected chi connectivity index (χ0v) is 11.7. The fraction of sp³-hybridized carbons (Fsp3) is 0.294. The Hall–Kier alpha value is -1.96. The first-order valence-corrected chi connectivity index (χ1v) is 6.56. The van der Waals surface area contributed by atoms with Crippen molar-refractivity contribution >= 4 is 0 Å². The monoisotopic (exact) mass is 256 g/mol. The lowest BCUT2D eigenvalue weighted by Gasteiger charge is -2.16. The van der Waals surface area contributed by atoms with E-state index >= 15 is 0 Å². The summed E-state index contributed by atoms with van der Waals surface area (Å²) in [6, 6.07) is 16.1. The second-order valence-electron chi connectivity index (χ2n) is 4.87. The van der Waals surface area contributed by atoms with Crippen molar-refractivity contribution in [1.29, 1.82) is 0 Å². The Morgan fingerprint density at radius 3 is 2.11 bits per heavy atom. The highest BCUT2D eigenvalue weighted by molar-refractivity contribution is 5.28. The summed E-state index contributed by atoms with van der Waals surface area (Å²) in [6.07, 6.45) is 0.0160. The number of rotatable bonds is 5. The van der Waals surface area contributed by atoms with E-state index in [1.165, 1.54) is 11.1 Å². The lowest BCUT2D eigenvalue weighted by atomic mass is 10.2. The van der Waals surface area contributed by atoms with Crippen molar-refractivity contribution in [2.24, 2.45) is 0 Å². The molecule has 0 aromatic heterocycles. The Morgan fingerprint density at radius 1 is 0.895 bits per heavy atom. The average Bonchev–Trinajstić information content (AvgIpc) is 2.36. The number of aryl methyl sites for hydroxylation is 2. The van der Waals surface area contributed by atoms with Gasteiger partial charge >= 0.3 is 0 Å². The van der Waals surface area contributed by atoms with E-state index in [1.54, 1.807) is 0 Å². The van der Waals surface area contributed by atoms with Gasteiger partial charge in [-0.05, 0) is 56.2 Å². The molecule has 19 heavy (non-hydrogen) atoms. The Morgan fingerprint density at radius 2 is 1.47 bits per heavy atom. The highest BCUT2D eigenvalue weighted by atomic mass is 16.5. The molecule has 2 nitrogen and oxygen atoms in total. The first kappa shape index (κ1) is 13.5. The van der Waals surface area contributed by atoms with Crippen LogP contribution in [0.1, 0.15) is 18.1 Å². The molecule has 1 unspecified atom stereocenters. The molecule has 0 radical (unpaired) electrons. The van der Waals surface area contributed by atoms with Gasteiger partial charge in [0.2, 0.25) is 0 Å². The maximum atomic E-state index is 5.82. The van der Waals surface area contributed by atoms with Gasteiger partial charge in [0.1, 0.15) is 24.2 Å². The topological polar surface area (TPSA) is 18.5 Å². The molecule has 0 aliphatic heterocycles. The third kappa shape index (κ3) is 4.32. The smallest absolute Gasteiger partial charge is 0.130 e. The van der Waals surface area contributed by atoms with Crippen LogP contribution < -0.4 is 9.47 Å². The molecule has 0 heterocycles. The maximum absolute atomic E-state index is 5.82. The molecule has 2 aromatic carbocycles. The summed E-state index contributed by atoms with van der Waals surface area (Å²) in [5, 5.41) is 0. The molecule has 0 fully saturated rings. The van der Waals surface area contributed by atoms with Crippen molar-refractivity contribution in [2.45, 2.75) is 26.9 Å². The number of hydrogen-bond donors (Lipinski definition) is 0. The summed E-state index contributed by atoms with van der Waals surface area (Å²) >= 11 is 0. The average molecular weight is 256 g/mol. The number of hydrogen-bond acceptors (Lipinski definition) is 2. The van der Waals surface area contributed by atoms with Gasteiger partial charge in [-0.15, -0.1) is 0 Å². The van der Waals surface area contributed by atoms with Crippen LogP contribution in [-0.4, -0.2) is 12.7 Å². The van der Waals surface area contributed by atoms with E-state index in [2.05, 4.69) is 26.0 Å². The quantitative estimate of drug-likeness (QED) is 0.800. The molecule has 100 valence electrons. The van der Waals surface area contributed by atoms with Gasteiger partial charge < -0.3 is 9.47 Å². The second-order valence-corrected chi connectivity index (χ2v) is 4.87. The molecule has 2 heteroatoms. The van der Waals surface area contributed by atoms with Crippen LogP contribution in [0.4, 0.5) is 0 Å². The van der Waals surface area contributed by atoms with E-state index in [-0.39, 0.29) is 6.10 Å². The third-order valence-electron chi connectivity index (χ3n) is 2.80. The van der Waals surface area contributed by atoms with E-state index in [4.69, 9.17) is 9.47 Å². The zero-order valence-electron chi connectivity index (χ0n) is 11.7. The SMILES string of the molecule is Cc1cccc(OCC(C)Oc2cccc(C)c2)c1. The minimum Gasteiger partial charge on any atom is -0.490 e. The molecule has 0 aliphatic carbocycles. The predicted molar refractivity (Wildman–Crippen MR) is 77.9 cm³/mol. The standard InChI is InChI=1S/C17H20O2/c1-13-6-4-8-16(10-13)18-12-15(3)19-17-9-5-7-14(2)11-17/h4-11,15H,12H2,1-3H3. The second kappa shape index (κ2) is 6.28. The molecular weight excluding hydrogens is 236 g/mol. The van der Waals surface area contributed by atoms with Gasteiger partial charge in [0.05, 0.1) is 0 Å². The van der Waals surface area contributed by atoms with Crippen LogP contribution in [0.3, 0.4) is 0 Å². The first-order chi connectivity index (χ1) is 9.13. The molecule has 1 atom stereocenters. The Balaban J connectivity index is 1.86. The van der Waals surface area contributed by atoms with Gasteiger partial charge in [-0.1, -0.05) is 24.3 Å². The summed E-state index contributed by atoms with van der Waals surface area (Å²) < 4.78 is 11.5. The van der Waals surface area contributed by atoms with Crippen LogP contribution in [0.5, 0.6) is 11.5 Å². The van der Waals surface area contributed by atoms with Crippen LogP contribution in [0.15, 0.2) is 48.5 Å². The van der Waals surface area contributed by atoms with E-state index in [0.29, 0.717) is 6.61 Å². The van der Waals surface area contributed by atoms with Crippen LogP contribution in [0.2, 0.25) is 0 Å². The molecular formula is C17H20O2. The molecule has 0 bridgehead atoms. The minimum atomic E-state index is 0.0160. The fourth-order valence-electron chi connectivity index (χ4n) is 1.87. The zero-order chi connectivity index (χ0) is 13.7. The molecule has 0 spiro atoms. The van der Waals surface area contributed by atoms with E-state index < -0.39 is 0 Å². The van der Waals surface area contributed by atoms with Gasteiger partial charge in [0.15, 0.2) is 0 Å². The van der Waals surface area contributed by atoms with Crippen molar-refractivity contribution in [3.8, 4) is 11.5 Å². The van der Waals surface area contributed by atoms with Gasteiger partial charge in [-0.3, -0.25) is 0 Å². The van der Waals surface area contributed by atoms with Crippen LogP contribution >= 0.6 is 0 Å². The predicted octanol–water partition coefficient (Wildman–Crippen LogP) is 4.15. The fourth-order valence-corrected chi connectivity index (χ4v) is 1.87. The van der Waals surface area contributed by atoms with Crippen LogP contribution in [0.25, 0.3) is 0 Å². The highest BCUT2D eigenvalue weighted by Gasteiger charge is 2.05. The Kier molecular flexibility index (Phi) is 4.45. The van der Waals surface area contributed by atoms with E-state index in [9.17, 15) is 0 Å². The molecule has 2 aromatic rings. The van der Waals surface area contributed by atoms with Gasteiger partial charge in [-0.25, -0.2) is 0 Å². The van der Waals surface area contributed by atoms with Crippen LogP contribution in [-0.2, 0) is 0 Å². The first-order valence-electron chi connectivity index (χ1n) is 6.56. The number of benzene rings is 2. The maximum Gasteiger partial charge on any atom is 0.130 e. The van der Waals surface area contributed by atoms with E-state index in [1.807, 2.05) is 43.3 Å². The largest absolute Gasteiger partial charge is 0.490 e. The molecule has 0 amide bonds. The molecule has 0 aliphatic rings. The minimum absolute atomic E-state index is 0.0160. The highest BCUT2D eigenvalue weighted by Crippen LogP contribution is 2.16. The summed E-state index contributed by atoms with van der Waals surface area (Å²) in [6.45, 7) is 6.66. The van der Waals surface area contributed by atoms with Crippen LogP contribution in [0, 0.1) is 13.8 Å². The molecule has 0 saturated heterocycles. The van der Waals surface area contributed by atoms with Crippen molar-refractivity contribution < 1.29 is 9.47 Å². The van der Waals surface area contributed by atoms with Gasteiger partial charge in [0, 0.05) is 0 Å². The summed E-state index contributed by atoms with van der Waals surface area (Å²) in [5.41, 5.74) is 2.40. The number of ether oxygens (including phenoxy) is 2. The van der Waals surface area contributed by atoms with Crippen molar-refractivity contribution in [3.63, 3.8) is 0 Å². The summed E-state index contributed by atoms with van der Waals surface area (Å²) in [4.78, 5) is 0. The third-order valence-corrected chi connectivity index (χ3v) is 2.80.